The number of azo groups is 1. The van der Waals surface area contributed by atoms with Crippen molar-refractivity contribution >= 4 is 39.5 Å². The molecule has 1 aliphatic rings. The molecule has 0 N–H and O–H groups in total. The molecule has 0 fully saturated rings. The molecule has 1 aromatic heterocycles. The third kappa shape index (κ3) is 4.10. The Hall–Kier alpha value is -3.99. The van der Waals surface area contributed by atoms with Crippen LogP contribution in [0.5, 0.6) is 5.75 Å². The third-order valence-corrected chi connectivity index (χ3v) is 5.65. The van der Waals surface area contributed by atoms with Gasteiger partial charge >= 0.3 is 0 Å². The molecule has 0 saturated heterocycles. The molecule has 32 heavy (non-hydrogen) atoms. The zero-order chi connectivity index (χ0) is 22.8. The van der Waals surface area contributed by atoms with E-state index in [9.17, 15) is 14.9 Å². The number of amides is 1. The van der Waals surface area contributed by atoms with Gasteiger partial charge in [0.1, 0.15) is 5.75 Å². The molecule has 11 heteroatoms. The van der Waals surface area contributed by atoms with Gasteiger partial charge in [0.05, 0.1) is 29.1 Å². The second-order valence-corrected chi connectivity index (χ2v) is 7.82. The number of nitro groups is 1. The first-order valence-corrected chi connectivity index (χ1v) is 10.4. The summed E-state index contributed by atoms with van der Waals surface area (Å²) in [5.74, 6) is 0.356. The number of rotatable bonds is 6. The Kier molecular flexibility index (Phi) is 5.73. The van der Waals surface area contributed by atoms with Crippen molar-refractivity contribution in [2.24, 2.45) is 15.3 Å². The lowest BCUT2D eigenvalue weighted by molar-refractivity contribution is -0.385. The SMILES string of the molecule is COc1ccc(-c2csc(N3N=C(C)[C@H](N=Nc4ccc(C)c([N+](=O)[O-])c4)C3=O)n2)cc1. The first-order chi connectivity index (χ1) is 15.4. The minimum absolute atomic E-state index is 0.0555. The molecule has 3 aromatic rings. The van der Waals surface area contributed by atoms with Crippen LogP contribution in [0, 0.1) is 17.0 Å². The Morgan fingerprint density at radius 2 is 1.94 bits per heavy atom. The number of thiazole rings is 1. The monoisotopic (exact) mass is 450 g/mol. The van der Waals surface area contributed by atoms with E-state index < -0.39 is 11.0 Å². The van der Waals surface area contributed by atoms with Crippen LogP contribution < -0.4 is 9.75 Å². The van der Waals surface area contributed by atoms with Crippen LogP contribution in [0.3, 0.4) is 0 Å². The summed E-state index contributed by atoms with van der Waals surface area (Å²) in [5.41, 5.74) is 2.81. The molecular weight excluding hydrogens is 432 g/mol. The Bertz CT molecular complexity index is 1250. The lowest BCUT2D eigenvalue weighted by Gasteiger charge is -2.08. The highest BCUT2D eigenvalue weighted by Crippen LogP contribution is 2.32. The maximum atomic E-state index is 12.9. The highest BCUT2D eigenvalue weighted by Gasteiger charge is 2.36. The molecule has 0 spiro atoms. The summed E-state index contributed by atoms with van der Waals surface area (Å²) in [6.45, 7) is 3.32. The molecule has 0 bridgehead atoms. The summed E-state index contributed by atoms with van der Waals surface area (Å²) >= 11 is 1.29. The van der Waals surface area contributed by atoms with Gasteiger partial charge in [0.2, 0.25) is 5.13 Å². The number of ether oxygens (including phenoxy) is 1. The molecule has 1 amide bonds. The maximum Gasteiger partial charge on any atom is 0.282 e. The lowest BCUT2D eigenvalue weighted by atomic mass is 10.2. The number of nitrogens with zero attached hydrogens (tertiary/aromatic N) is 6. The van der Waals surface area contributed by atoms with E-state index in [-0.39, 0.29) is 17.3 Å². The summed E-state index contributed by atoms with van der Waals surface area (Å²) < 4.78 is 5.17. The zero-order valence-electron chi connectivity index (χ0n) is 17.4. The van der Waals surface area contributed by atoms with Crippen LogP contribution in [0.1, 0.15) is 12.5 Å². The van der Waals surface area contributed by atoms with Crippen molar-refractivity contribution in [1.82, 2.24) is 4.98 Å². The van der Waals surface area contributed by atoms with Crippen LogP contribution in [0.15, 0.2) is 63.2 Å². The third-order valence-electron chi connectivity index (χ3n) is 4.83. The average molecular weight is 450 g/mol. The molecule has 0 aliphatic carbocycles. The minimum atomic E-state index is -0.913. The number of methoxy groups -OCH3 is 1. The Labute approximate surface area is 187 Å². The van der Waals surface area contributed by atoms with E-state index in [4.69, 9.17) is 4.74 Å². The van der Waals surface area contributed by atoms with Crippen molar-refractivity contribution in [3.63, 3.8) is 0 Å². The molecule has 1 atom stereocenters. The van der Waals surface area contributed by atoms with Gasteiger partial charge in [-0.3, -0.25) is 14.9 Å². The van der Waals surface area contributed by atoms with E-state index in [1.807, 2.05) is 29.6 Å². The highest BCUT2D eigenvalue weighted by molar-refractivity contribution is 7.14. The Morgan fingerprint density at radius 1 is 1.19 bits per heavy atom. The predicted octanol–water partition coefficient (Wildman–Crippen LogP) is 4.91. The van der Waals surface area contributed by atoms with Gasteiger partial charge in [-0.05, 0) is 44.2 Å². The van der Waals surface area contributed by atoms with Gasteiger partial charge in [-0.2, -0.15) is 20.3 Å². The van der Waals surface area contributed by atoms with Crippen molar-refractivity contribution < 1.29 is 14.5 Å². The number of anilines is 1. The van der Waals surface area contributed by atoms with E-state index in [0.29, 0.717) is 22.1 Å². The van der Waals surface area contributed by atoms with Crippen LogP contribution in [0.2, 0.25) is 0 Å². The molecular formula is C21H18N6O4S. The largest absolute Gasteiger partial charge is 0.497 e. The van der Waals surface area contributed by atoms with Crippen LogP contribution in [0.4, 0.5) is 16.5 Å². The molecule has 10 nitrogen and oxygen atoms in total. The van der Waals surface area contributed by atoms with E-state index >= 15 is 0 Å². The van der Waals surface area contributed by atoms with Crippen LogP contribution in [-0.4, -0.2) is 34.7 Å². The summed E-state index contributed by atoms with van der Waals surface area (Å²) in [7, 11) is 1.60. The second-order valence-electron chi connectivity index (χ2n) is 6.98. The van der Waals surface area contributed by atoms with E-state index in [1.165, 1.54) is 22.4 Å². The van der Waals surface area contributed by atoms with Crippen molar-refractivity contribution in [3.05, 3.63) is 63.5 Å². The summed E-state index contributed by atoms with van der Waals surface area (Å²) in [6, 6.07) is 11.1. The lowest BCUT2D eigenvalue weighted by Crippen LogP contribution is -2.29. The molecule has 1 aliphatic heterocycles. The molecule has 0 saturated carbocycles. The number of carbonyl (C=O) groups is 1. The fourth-order valence-electron chi connectivity index (χ4n) is 3.06. The van der Waals surface area contributed by atoms with Gasteiger partial charge in [0.15, 0.2) is 6.04 Å². The first-order valence-electron chi connectivity index (χ1n) is 9.52. The molecule has 4 rings (SSSR count). The minimum Gasteiger partial charge on any atom is -0.497 e. The number of aryl methyl sites for hydroxylation is 1. The summed E-state index contributed by atoms with van der Waals surface area (Å²) in [6.07, 6.45) is 0. The summed E-state index contributed by atoms with van der Waals surface area (Å²) in [4.78, 5) is 28.1. The molecule has 2 heterocycles. The van der Waals surface area contributed by atoms with Crippen LogP contribution in [-0.2, 0) is 4.79 Å². The highest BCUT2D eigenvalue weighted by atomic mass is 32.1. The Morgan fingerprint density at radius 3 is 2.62 bits per heavy atom. The number of hydrogen-bond acceptors (Lipinski definition) is 9. The second kappa shape index (κ2) is 8.63. The van der Waals surface area contributed by atoms with E-state index in [1.54, 1.807) is 33.1 Å². The van der Waals surface area contributed by atoms with Crippen LogP contribution >= 0.6 is 11.3 Å². The van der Waals surface area contributed by atoms with Crippen molar-refractivity contribution in [1.29, 1.82) is 0 Å². The smallest absolute Gasteiger partial charge is 0.282 e. The number of hydrogen-bond donors (Lipinski definition) is 0. The quantitative estimate of drug-likeness (QED) is 0.300. The molecule has 0 radical (unpaired) electrons. The normalized spacial score (nSPS) is 16.0. The van der Waals surface area contributed by atoms with Gasteiger partial charge in [-0.1, -0.05) is 6.07 Å². The van der Waals surface area contributed by atoms with Gasteiger partial charge in [-0.25, -0.2) is 4.98 Å². The van der Waals surface area contributed by atoms with Gasteiger partial charge in [0, 0.05) is 22.6 Å². The topological polar surface area (TPSA) is 123 Å². The molecule has 162 valence electrons. The molecule has 0 unspecified atom stereocenters. The summed E-state index contributed by atoms with van der Waals surface area (Å²) in [5, 5.41) is 27.0. The fourth-order valence-corrected chi connectivity index (χ4v) is 3.85. The van der Waals surface area contributed by atoms with Crippen molar-refractivity contribution in [3.8, 4) is 17.0 Å². The number of carbonyl (C=O) groups excluding carboxylic acids is 1. The van der Waals surface area contributed by atoms with E-state index in [0.717, 1.165) is 11.3 Å². The zero-order valence-corrected chi connectivity index (χ0v) is 18.2. The maximum absolute atomic E-state index is 12.9. The predicted molar refractivity (Wildman–Crippen MR) is 121 cm³/mol. The number of nitro benzene ring substituents is 1. The van der Waals surface area contributed by atoms with E-state index in [2.05, 4.69) is 20.3 Å². The standard InChI is InChI=1S/C21H18N6O4S/c1-12-4-7-15(10-18(12)27(29)30)23-24-19-13(2)25-26(20(19)28)21-22-17(11-32-21)14-5-8-16(31-3)9-6-14/h4-11,19H,1-3H3/t19-/m0/s1. The number of benzene rings is 2. The first kappa shape index (κ1) is 21.2. The Balaban J connectivity index is 1.53. The van der Waals surface area contributed by atoms with Crippen molar-refractivity contribution in [2.75, 3.05) is 12.1 Å². The van der Waals surface area contributed by atoms with Gasteiger partial charge in [0.25, 0.3) is 11.6 Å². The van der Waals surface area contributed by atoms with Crippen molar-refractivity contribution in [2.45, 2.75) is 19.9 Å². The van der Waals surface area contributed by atoms with Gasteiger partial charge in [-0.15, -0.1) is 11.3 Å². The number of aromatic nitrogens is 1. The van der Waals surface area contributed by atoms with Crippen LogP contribution in [0.25, 0.3) is 11.3 Å². The van der Waals surface area contributed by atoms with Gasteiger partial charge < -0.3 is 4.74 Å². The molecule has 2 aromatic carbocycles. The average Bonchev–Trinajstić information content (AvgIpc) is 3.38. The fraction of sp³-hybridized carbons (Fsp3) is 0.190. The number of hydrazone groups is 1.